The van der Waals surface area contributed by atoms with Crippen LogP contribution >= 0.6 is 12.2 Å². The first kappa shape index (κ1) is 16.7. The van der Waals surface area contributed by atoms with E-state index in [0.29, 0.717) is 24.5 Å². The molecule has 0 amide bonds. The lowest BCUT2D eigenvalue weighted by atomic mass is 10.2. The van der Waals surface area contributed by atoms with E-state index in [-0.39, 0.29) is 5.11 Å². The Hall–Kier alpha value is -2.33. The van der Waals surface area contributed by atoms with Crippen molar-refractivity contribution in [2.75, 3.05) is 13.7 Å². The third-order valence-electron chi connectivity index (χ3n) is 2.52. The second kappa shape index (κ2) is 9.55. The molecule has 1 aromatic carbocycles. The van der Waals surface area contributed by atoms with Gasteiger partial charge in [-0.15, -0.1) is 0 Å². The molecule has 0 saturated heterocycles. The minimum atomic E-state index is 0.105. The summed E-state index contributed by atoms with van der Waals surface area (Å²) in [6, 6.07) is 7.56. The molecular weight excluding hydrogens is 288 g/mol. The van der Waals surface area contributed by atoms with E-state index in [2.05, 4.69) is 28.8 Å². The topological polar surface area (TPSA) is 92.7 Å². The molecule has 0 aromatic heterocycles. The third kappa shape index (κ3) is 6.58. The van der Waals surface area contributed by atoms with Crippen LogP contribution in [0.15, 0.2) is 23.3 Å². The third-order valence-corrected chi connectivity index (χ3v) is 2.61. The number of nitrogens with one attached hydrogen (secondary N) is 1. The lowest BCUT2D eigenvalue weighted by Gasteiger charge is -2.11. The zero-order valence-electron chi connectivity index (χ0n) is 11.8. The van der Waals surface area contributed by atoms with Gasteiger partial charge in [-0.25, -0.2) is 0 Å². The Morgan fingerprint density at radius 3 is 2.95 bits per heavy atom. The molecule has 0 aliphatic heterocycles. The molecule has 1 aromatic rings. The Morgan fingerprint density at radius 1 is 1.48 bits per heavy atom. The Morgan fingerprint density at radius 2 is 2.29 bits per heavy atom. The molecule has 7 heteroatoms. The van der Waals surface area contributed by atoms with Gasteiger partial charge in [0.2, 0.25) is 0 Å². The maximum absolute atomic E-state index is 8.47. The molecular formula is C14H18N4O2S. The van der Waals surface area contributed by atoms with Gasteiger partial charge in [-0.3, -0.25) is 5.43 Å². The van der Waals surface area contributed by atoms with Gasteiger partial charge in [-0.05, 0) is 48.8 Å². The largest absolute Gasteiger partial charge is 0.493 e. The Balaban J connectivity index is 2.65. The minimum absolute atomic E-state index is 0.105. The van der Waals surface area contributed by atoms with E-state index in [1.54, 1.807) is 19.4 Å². The zero-order chi connectivity index (χ0) is 15.5. The molecule has 0 atom stereocenters. The van der Waals surface area contributed by atoms with Crippen molar-refractivity contribution in [2.45, 2.75) is 19.3 Å². The summed E-state index contributed by atoms with van der Waals surface area (Å²) >= 11 is 4.65. The molecule has 0 radical (unpaired) electrons. The average Bonchev–Trinajstić information content (AvgIpc) is 2.47. The van der Waals surface area contributed by atoms with Gasteiger partial charge in [-0.1, -0.05) is 0 Å². The van der Waals surface area contributed by atoms with E-state index >= 15 is 0 Å². The van der Waals surface area contributed by atoms with Gasteiger partial charge in [-0.2, -0.15) is 10.4 Å². The summed E-state index contributed by atoms with van der Waals surface area (Å²) < 4.78 is 10.9. The number of rotatable bonds is 8. The number of nitriles is 1. The maximum Gasteiger partial charge on any atom is 0.184 e. The van der Waals surface area contributed by atoms with Gasteiger partial charge in [0.05, 0.1) is 26.0 Å². The molecule has 0 saturated carbocycles. The van der Waals surface area contributed by atoms with E-state index in [9.17, 15) is 0 Å². The predicted octanol–water partition coefficient (Wildman–Crippen LogP) is 1.93. The van der Waals surface area contributed by atoms with Crippen LogP contribution in [0.2, 0.25) is 0 Å². The second-order valence-corrected chi connectivity index (χ2v) is 4.55. The van der Waals surface area contributed by atoms with Gasteiger partial charge in [0.1, 0.15) is 0 Å². The molecule has 0 heterocycles. The summed E-state index contributed by atoms with van der Waals surface area (Å²) in [5.41, 5.74) is 8.59. The van der Waals surface area contributed by atoms with Gasteiger partial charge in [0, 0.05) is 6.42 Å². The highest BCUT2D eigenvalue weighted by atomic mass is 32.1. The van der Waals surface area contributed by atoms with Crippen molar-refractivity contribution in [3.05, 3.63) is 23.8 Å². The number of ether oxygens (including phenoxy) is 2. The van der Waals surface area contributed by atoms with E-state index in [1.807, 2.05) is 12.1 Å². The number of hydrogen-bond donors (Lipinski definition) is 2. The quantitative estimate of drug-likeness (QED) is 0.330. The Labute approximate surface area is 129 Å². The van der Waals surface area contributed by atoms with Crippen molar-refractivity contribution in [1.29, 1.82) is 5.26 Å². The number of hydrogen-bond acceptors (Lipinski definition) is 5. The van der Waals surface area contributed by atoms with Crippen LogP contribution in [0.5, 0.6) is 11.5 Å². The number of nitrogens with zero attached hydrogens (tertiary/aromatic N) is 2. The monoisotopic (exact) mass is 306 g/mol. The minimum Gasteiger partial charge on any atom is -0.493 e. The normalized spacial score (nSPS) is 10.1. The summed E-state index contributed by atoms with van der Waals surface area (Å²) in [5, 5.41) is 12.5. The highest BCUT2D eigenvalue weighted by Gasteiger charge is 2.05. The number of nitrogens with two attached hydrogens (primary N) is 1. The van der Waals surface area contributed by atoms with E-state index in [4.69, 9.17) is 20.5 Å². The molecule has 0 aliphatic rings. The lowest BCUT2D eigenvalue weighted by molar-refractivity contribution is 0.287. The first-order chi connectivity index (χ1) is 10.2. The van der Waals surface area contributed by atoms with Crippen LogP contribution < -0.4 is 20.6 Å². The molecule has 0 aliphatic carbocycles. The molecule has 112 valence electrons. The molecule has 6 nitrogen and oxygen atoms in total. The zero-order valence-corrected chi connectivity index (χ0v) is 12.7. The van der Waals surface area contributed by atoms with Crippen molar-refractivity contribution in [1.82, 2.24) is 5.43 Å². The smallest absolute Gasteiger partial charge is 0.184 e. The standard InChI is InChI=1S/C14H18N4O2S/c1-19-12-6-5-11(10-17-18-14(16)21)9-13(12)20-8-4-2-3-7-15/h5-6,9-10H,2-4,8H2,1H3,(H3,16,18,21). The van der Waals surface area contributed by atoms with Crippen LogP contribution in [0.1, 0.15) is 24.8 Å². The highest BCUT2D eigenvalue weighted by Crippen LogP contribution is 2.27. The molecule has 0 fully saturated rings. The fourth-order valence-electron chi connectivity index (χ4n) is 1.55. The van der Waals surface area contributed by atoms with Crippen molar-refractivity contribution in [2.24, 2.45) is 10.8 Å². The van der Waals surface area contributed by atoms with Gasteiger partial charge in [0.15, 0.2) is 16.6 Å². The predicted molar refractivity (Wildman–Crippen MR) is 85.5 cm³/mol. The Kier molecular flexibility index (Phi) is 7.61. The summed E-state index contributed by atoms with van der Waals surface area (Å²) in [7, 11) is 1.58. The second-order valence-electron chi connectivity index (χ2n) is 4.11. The molecule has 21 heavy (non-hydrogen) atoms. The molecule has 1 rings (SSSR count). The summed E-state index contributed by atoms with van der Waals surface area (Å²) in [5.74, 6) is 1.28. The SMILES string of the molecule is COc1ccc(C=NNC(N)=S)cc1OCCCCC#N. The molecule has 3 N–H and O–H groups in total. The fraction of sp³-hybridized carbons (Fsp3) is 0.357. The van der Waals surface area contributed by atoms with Crippen LogP contribution in [0.4, 0.5) is 0 Å². The number of hydrazone groups is 1. The highest BCUT2D eigenvalue weighted by molar-refractivity contribution is 7.80. The van der Waals surface area contributed by atoms with E-state index < -0.39 is 0 Å². The van der Waals surface area contributed by atoms with Crippen LogP contribution in [-0.4, -0.2) is 25.0 Å². The van der Waals surface area contributed by atoms with Crippen LogP contribution in [0.25, 0.3) is 0 Å². The first-order valence-corrected chi connectivity index (χ1v) is 6.84. The van der Waals surface area contributed by atoms with E-state index in [1.165, 1.54) is 0 Å². The molecule has 0 bridgehead atoms. The summed E-state index contributed by atoms with van der Waals surface area (Å²) in [4.78, 5) is 0. The summed E-state index contributed by atoms with van der Waals surface area (Å²) in [6.45, 7) is 0.532. The average molecular weight is 306 g/mol. The van der Waals surface area contributed by atoms with Crippen LogP contribution in [0, 0.1) is 11.3 Å². The lowest BCUT2D eigenvalue weighted by Crippen LogP contribution is -2.23. The van der Waals surface area contributed by atoms with Crippen molar-refractivity contribution >= 4 is 23.5 Å². The number of unbranched alkanes of at least 4 members (excludes halogenated alkanes) is 2. The molecule has 0 unspecified atom stereocenters. The van der Waals surface area contributed by atoms with Crippen LogP contribution in [0.3, 0.4) is 0 Å². The van der Waals surface area contributed by atoms with Crippen molar-refractivity contribution < 1.29 is 9.47 Å². The van der Waals surface area contributed by atoms with Gasteiger partial charge < -0.3 is 15.2 Å². The fourth-order valence-corrected chi connectivity index (χ4v) is 1.60. The van der Waals surface area contributed by atoms with E-state index in [0.717, 1.165) is 18.4 Å². The van der Waals surface area contributed by atoms with Crippen molar-refractivity contribution in [3.63, 3.8) is 0 Å². The Bertz CT molecular complexity index is 540. The van der Waals surface area contributed by atoms with Gasteiger partial charge >= 0.3 is 0 Å². The molecule has 0 spiro atoms. The number of methoxy groups -OCH3 is 1. The number of thiocarbonyl (C=S) groups is 1. The first-order valence-electron chi connectivity index (χ1n) is 6.43. The number of benzene rings is 1. The summed E-state index contributed by atoms with van der Waals surface area (Å²) in [6.07, 6.45) is 3.76. The maximum atomic E-state index is 8.47. The van der Waals surface area contributed by atoms with Crippen molar-refractivity contribution in [3.8, 4) is 17.6 Å². The van der Waals surface area contributed by atoms with Crippen LogP contribution in [-0.2, 0) is 0 Å². The van der Waals surface area contributed by atoms with Gasteiger partial charge in [0.25, 0.3) is 0 Å².